The van der Waals surface area contributed by atoms with Gasteiger partial charge in [-0.15, -0.1) is 0 Å². The molecule has 2 aromatic rings. The summed E-state index contributed by atoms with van der Waals surface area (Å²) in [6, 6.07) is 12.7. The van der Waals surface area contributed by atoms with Gasteiger partial charge < -0.3 is 9.84 Å². The first-order chi connectivity index (χ1) is 9.08. The third-order valence-electron chi connectivity index (χ3n) is 2.56. The molecule has 0 bridgehead atoms. The van der Waals surface area contributed by atoms with Crippen LogP contribution in [0, 0.1) is 0 Å². The minimum Gasteiger partial charge on any atom is -0.488 e. The summed E-state index contributed by atoms with van der Waals surface area (Å²) in [7, 11) is 0. The maximum atomic E-state index is 10.1. The Bertz CT molecular complexity index is 538. The normalized spacial score (nSPS) is 12.2. The number of hydrogen-bond acceptors (Lipinski definition) is 2. The van der Waals surface area contributed by atoms with Gasteiger partial charge in [0.1, 0.15) is 18.5 Å². The topological polar surface area (TPSA) is 29.5 Å². The van der Waals surface area contributed by atoms with Gasteiger partial charge in [0.15, 0.2) is 0 Å². The number of aliphatic hydroxyl groups is 1. The average molecular weight is 407 g/mol. The van der Waals surface area contributed by atoms with Crippen LogP contribution in [0.3, 0.4) is 0 Å². The van der Waals surface area contributed by atoms with Gasteiger partial charge in [-0.1, -0.05) is 29.8 Å². The molecule has 2 nitrogen and oxygen atoms in total. The van der Waals surface area contributed by atoms with E-state index in [2.05, 4.69) is 31.9 Å². The highest BCUT2D eigenvalue weighted by atomic mass is 79.9. The Labute approximate surface area is 133 Å². The van der Waals surface area contributed by atoms with E-state index in [1.807, 2.05) is 18.2 Å². The fourth-order valence-electron chi connectivity index (χ4n) is 1.56. The zero-order valence-corrected chi connectivity index (χ0v) is 13.7. The van der Waals surface area contributed by atoms with Crippen LogP contribution in [0.25, 0.3) is 0 Å². The molecule has 0 aliphatic heterocycles. The van der Waals surface area contributed by atoms with Crippen molar-refractivity contribution in [2.24, 2.45) is 0 Å². The molecule has 0 aliphatic carbocycles. The molecule has 19 heavy (non-hydrogen) atoms. The Morgan fingerprint density at radius 1 is 1.05 bits per heavy atom. The molecule has 0 heterocycles. The van der Waals surface area contributed by atoms with Crippen LogP contribution >= 0.6 is 43.5 Å². The lowest BCUT2D eigenvalue weighted by molar-refractivity contribution is 0.107. The maximum Gasteiger partial charge on any atom is 0.147 e. The van der Waals surface area contributed by atoms with Gasteiger partial charge in [-0.25, -0.2) is 0 Å². The SMILES string of the molecule is O[C@@H](COc1c(Br)cccc1Br)c1ccc(Cl)cc1. The molecule has 0 aliphatic rings. The van der Waals surface area contributed by atoms with E-state index in [1.165, 1.54) is 0 Å². The highest BCUT2D eigenvalue weighted by Crippen LogP contribution is 2.33. The molecule has 5 heteroatoms. The van der Waals surface area contributed by atoms with Gasteiger partial charge in [-0.05, 0) is 61.7 Å². The quantitative estimate of drug-likeness (QED) is 0.776. The molecule has 2 aromatic carbocycles. The third kappa shape index (κ3) is 3.96. The molecule has 0 radical (unpaired) electrons. The first-order valence-corrected chi connectivity index (χ1v) is 7.54. The number of para-hydroxylation sites is 1. The van der Waals surface area contributed by atoms with Gasteiger partial charge in [0, 0.05) is 5.02 Å². The van der Waals surface area contributed by atoms with Crippen molar-refractivity contribution in [2.45, 2.75) is 6.10 Å². The predicted octanol–water partition coefficient (Wildman–Crippen LogP) is 4.98. The molecule has 0 spiro atoms. The zero-order valence-electron chi connectivity index (χ0n) is 9.82. The molecule has 2 rings (SSSR count). The lowest BCUT2D eigenvalue weighted by Gasteiger charge is -2.14. The van der Waals surface area contributed by atoms with Crippen molar-refractivity contribution >= 4 is 43.5 Å². The monoisotopic (exact) mass is 404 g/mol. The van der Waals surface area contributed by atoms with Crippen LogP contribution in [0.1, 0.15) is 11.7 Å². The molecule has 0 saturated carbocycles. The van der Waals surface area contributed by atoms with Crippen LogP contribution < -0.4 is 4.74 Å². The molecule has 0 fully saturated rings. The van der Waals surface area contributed by atoms with E-state index in [1.54, 1.807) is 24.3 Å². The smallest absolute Gasteiger partial charge is 0.147 e. The van der Waals surface area contributed by atoms with Crippen molar-refractivity contribution in [3.8, 4) is 5.75 Å². The van der Waals surface area contributed by atoms with Gasteiger partial charge in [0.25, 0.3) is 0 Å². The lowest BCUT2D eigenvalue weighted by atomic mass is 10.1. The molecule has 0 saturated heterocycles. The minimum atomic E-state index is -0.698. The van der Waals surface area contributed by atoms with Crippen molar-refractivity contribution in [3.05, 3.63) is 62.0 Å². The van der Waals surface area contributed by atoms with Crippen molar-refractivity contribution in [1.29, 1.82) is 0 Å². The summed E-state index contributed by atoms with van der Waals surface area (Å²) in [5.74, 6) is 0.676. The Morgan fingerprint density at radius 2 is 1.63 bits per heavy atom. The molecule has 0 unspecified atom stereocenters. The molecule has 100 valence electrons. The van der Waals surface area contributed by atoms with Crippen LogP contribution in [0.15, 0.2) is 51.4 Å². The van der Waals surface area contributed by atoms with Crippen LogP contribution in [0.5, 0.6) is 5.75 Å². The van der Waals surface area contributed by atoms with Gasteiger partial charge in [-0.3, -0.25) is 0 Å². The zero-order chi connectivity index (χ0) is 13.8. The summed E-state index contributed by atoms with van der Waals surface area (Å²) < 4.78 is 7.31. The summed E-state index contributed by atoms with van der Waals surface area (Å²) in [5.41, 5.74) is 0.771. The molecule has 0 aromatic heterocycles. The van der Waals surface area contributed by atoms with Crippen molar-refractivity contribution in [1.82, 2.24) is 0 Å². The molecule has 1 N–H and O–H groups in total. The molecular formula is C14H11Br2ClO2. The number of ether oxygens (including phenoxy) is 1. The van der Waals surface area contributed by atoms with Crippen molar-refractivity contribution in [2.75, 3.05) is 6.61 Å². The lowest BCUT2D eigenvalue weighted by Crippen LogP contribution is -2.10. The molecular weight excluding hydrogens is 395 g/mol. The van der Waals surface area contributed by atoms with Crippen LogP contribution in [0.4, 0.5) is 0 Å². The first kappa shape index (κ1) is 14.9. The van der Waals surface area contributed by atoms with E-state index in [-0.39, 0.29) is 6.61 Å². The highest BCUT2D eigenvalue weighted by Gasteiger charge is 2.11. The number of aliphatic hydroxyl groups excluding tert-OH is 1. The minimum absolute atomic E-state index is 0.169. The van der Waals surface area contributed by atoms with Gasteiger partial charge in [0.2, 0.25) is 0 Å². The van der Waals surface area contributed by atoms with Crippen LogP contribution in [-0.2, 0) is 0 Å². The number of rotatable bonds is 4. The van der Waals surface area contributed by atoms with Gasteiger partial charge in [0.05, 0.1) is 8.95 Å². The Hall–Kier alpha value is -0.550. The van der Waals surface area contributed by atoms with Crippen LogP contribution in [0.2, 0.25) is 5.02 Å². The molecule has 0 amide bonds. The van der Waals surface area contributed by atoms with Crippen molar-refractivity contribution in [3.63, 3.8) is 0 Å². The van der Waals surface area contributed by atoms with E-state index in [0.717, 1.165) is 14.5 Å². The second-order valence-electron chi connectivity index (χ2n) is 3.93. The summed E-state index contributed by atoms with van der Waals surface area (Å²) >= 11 is 12.6. The van der Waals surface area contributed by atoms with Crippen LogP contribution in [-0.4, -0.2) is 11.7 Å². The van der Waals surface area contributed by atoms with E-state index in [0.29, 0.717) is 10.8 Å². The Kier molecular flexibility index (Phi) is 5.28. The summed E-state index contributed by atoms with van der Waals surface area (Å²) in [6.07, 6.45) is -0.698. The number of benzene rings is 2. The number of halogens is 3. The largest absolute Gasteiger partial charge is 0.488 e. The van der Waals surface area contributed by atoms with E-state index < -0.39 is 6.10 Å². The second kappa shape index (κ2) is 6.75. The Morgan fingerprint density at radius 3 is 2.21 bits per heavy atom. The fraction of sp³-hybridized carbons (Fsp3) is 0.143. The first-order valence-electron chi connectivity index (χ1n) is 5.58. The van der Waals surface area contributed by atoms with Gasteiger partial charge >= 0.3 is 0 Å². The van der Waals surface area contributed by atoms with Crippen molar-refractivity contribution < 1.29 is 9.84 Å². The standard InChI is InChI=1S/C14H11Br2ClO2/c15-11-2-1-3-12(16)14(11)19-8-13(18)9-4-6-10(17)7-5-9/h1-7,13,18H,8H2/t13-/m0/s1. The second-order valence-corrected chi connectivity index (χ2v) is 6.07. The van der Waals surface area contributed by atoms with E-state index >= 15 is 0 Å². The predicted molar refractivity (Wildman–Crippen MR) is 83.7 cm³/mol. The molecule has 1 atom stereocenters. The Balaban J connectivity index is 2.04. The summed E-state index contributed by atoms with van der Waals surface area (Å²) in [4.78, 5) is 0. The van der Waals surface area contributed by atoms with E-state index in [9.17, 15) is 5.11 Å². The average Bonchev–Trinajstić information content (AvgIpc) is 2.38. The maximum absolute atomic E-state index is 10.1. The fourth-order valence-corrected chi connectivity index (χ4v) is 2.92. The third-order valence-corrected chi connectivity index (χ3v) is 4.06. The summed E-state index contributed by atoms with van der Waals surface area (Å²) in [6.45, 7) is 0.169. The van der Waals surface area contributed by atoms with Gasteiger partial charge in [-0.2, -0.15) is 0 Å². The summed E-state index contributed by atoms with van der Waals surface area (Å²) in [5, 5.41) is 10.7. The van der Waals surface area contributed by atoms with E-state index in [4.69, 9.17) is 16.3 Å². The number of hydrogen-bond donors (Lipinski definition) is 1. The highest BCUT2D eigenvalue weighted by molar-refractivity contribution is 9.11.